The number of nitrogens with zero attached hydrogens (tertiary/aromatic N) is 1. The predicted octanol–water partition coefficient (Wildman–Crippen LogP) is 2.86. The Kier molecular flexibility index (Phi) is 9.12. The van der Waals surface area contributed by atoms with E-state index in [9.17, 15) is 22.8 Å². The average molecular weight is 477 g/mol. The van der Waals surface area contributed by atoms with Crippen LogP contribution < -0.4 is 5.32 Å². The van der Waals surface area contributed by atoms with Gasteiger partial charge in [-0.1, -0.05) is 26.0 Å². The Morgan fingerprint density at radius 2 is 1.52 bits per heavy atom. The summed E-state index contributed by atoms with van der Waals surface area (Å²) in [5.41, 5.74) is 1.19. The molecule has 0 aliphatic heterocycles. The molecule has 10 heteroatoms. The number of benzene rings is 2. The van der Waals surface area contributed by atoms with Crippen molar-refractivity contribution in [2.75, 3.05) is 32.6 Å². The molecule has 0 bridgehead atoms. The Morgan fingerprint density at radius 1 is 0.909 bits per heavy atom. The highest BCUT2D eigenvalue weighted by atomic mass is 32.2. The third-order valence-corrected chi connectivity index (χ3v) is 7.09. The molecule has 0 radical (unpaired) electrons. The molecule has 0 saturated carbocycles. The van der Waals surface area contributed by atoms with Gasteiger partial charge in [0.2, 0.25) is 15.9 Å². The van der Waals surface area contributed by atoms with Gasteiger partial charge in [-0.25, -0.2) is 18.0 Å². The second-order valence-corrected chi connectivity index (χ2v) is 8.96. The number of sulfonamides is 1. The lowest BCUT2D eigenvalue weighted by Gasteiger charge is -2.18. The maximum Gasteiger partial charge on any atom is 0.339 e. The second kappa shape index (κ2) is 11.6. The van der Waals surface area contributed by atoms with Crippen molar-refractivity contribution in [1.29, 1.82) is 0 Å². The summed E-state index contributed by atoms with van der Waals surface area (Å²) in [4.78, 5) is 36.5. The summed E-state index contributed by atoms with van der Waals surface area (Å²) in [5.74, 6) is -1.66. The number of nitrogens with one attached hydrogen (secondary N) is 1. The zero-order valence-electron chi connectivity index (χ0n) is 19.1. The van der Waals surface area contributed by atoms with Crippen LogP contribution in [-0.2, 0) is 30.7 Å². The van der Waals surface area contributed by atoms with Crippen LogP contribution in [0, 0.1) is 0 Å². The number of carbonyl (C=O) groups excluding carboxylic acids is 3. The number of ether oxygens (including phenoxy) is 2. The van der Waals surface area contributed by atoms with Crippen LogP contribution in [0.5, 0.6) is 0 Å². The molecular formula is C23H28N2O7S. The van der Waals surface area contributed by atoms with Gasteiger partial charge in [-0.15, -0.1) is 0 Å². The fourth-order valence-electron chi connectivity index (χ4n) is 3.19. The fraction of sp³-hybridized carbons (Fsp3) is 0.348. The SMILES string of the molecule is CCN(CC)S(=O)(=O)c1ccc(CCC(=O)Nc2cc(C(=O)OC)ccc2C(=O)OC)cc1. The lowest BCUT2D eigenvalue weighted by atomic mass is 10.1. The van der Waals surface area contributed by atoms with Crippen molar-refractivity contribution in [1.82, 2.24) is 4.31 Å². The Morgan fingerprint density at radius 3 is 2.06 bits per heavy atom. The first-order valence-corrected chi connectivity index (χ1v) is 11.8. The zero-order chi connectivity index (χ0) is 24.6. The number of aryl methyl sites for hydroxylation is 1. The van der Waals surface area contributed by atoms with Gasteiger partial charge >= 0.3 is 11.9 Å². The van der Waals surface area contributed by atoms with Crippen LogP contribution in [0.3, 0.4) is 0 Å². The van der Waals surface area contributed by atoms with E-state index in [0.717, 1.165) is 5.56 Å². The van der Waals surface area contributed by atoms with Gasteiger partial charge < -0.3 is 14.8 Å². The number of carbonyl (C=O) groups is 3. The van der Waals surface area contributed by atoms with E-state index in [1.54, 1.807) is 26.0 Å². The normalized spacial score (nSPS) is 11.2. The van der Waals surface area contributed by atoms with Gasteiger partial charge in [0.15, 0.2) is 0 Å². The molecule has 0 atom stereocenters. The Labute approximate surface area is 193 Å². The van der Waals surface area contributed by atoms with Gasteiger partial charge in [0.25, 0.3) is 0 Å². The molecular weight excluding hydrogens is 448 g/mol. The number of hydrogen-bond acceptors (Lipinski definition) is 7. The number of amides is 1. The van der Waals surface area contributed by atoms with E-state index in [0.29, 0.717) is 19.5 Å². The monoisotopic (exact) mass is 476 g/mol. The molecule has 9 nitrogen and oxygen atoms in total. The summed E-state index contributed by atoms with van der Waals surface area (Å²) in [7, 11) is -1.10. The van der Waals surface area contributed by atoms with Gasteiger partial charge in [-0.3, -0.25) is 4.79 Å². The lowest BCUT2D eigenvalue weighted by Crippen LogP contribution is -2.30. The first kappa shape index (κ1) is 26.0. The van der Waals surface area contributed by atoms with Crippen molar-refractivity contribution < 1.29 is 32.3 Å². The standard InChI is InChI=1S/C23H28N2O7S/c1-5-25(6-2)33(29,30)18-11-7-16(8-12-18)9-14-21(26)24-20-15-17(22(27)31-3)10-13-19(20)23(28)32-4/h7-8,10-13,15H,5-6,9,14H2,1-4H3,(H,24,26). The molecule has 0 heterocycles. The molecule has 33 heavy (non-hydrogen) atoms. The van der Waals surface area contributed by atoms with Crippen molar-refractivity contribution >= 4 is 33.6 Å². The Bertz CT molecular complexity index is 1110. The average Bonchev–Trinajstić information content (AvgIpc) is 2.82. The molecule has 0 saturated heterocycles. The summed E-state index contributed by atoms with van der Waals surface area (Å²) in [6, 6.07) is 10.5. The third-order valence-electron chi connectivity index (χ3n) is 5.03. The Balaban J connectivity index is 2.11. The maximum atomic E-state index is 12.6. The van der Waals surface area contributed by atoms with Crippen molar-refractivity contribution in [3.05, 3.63) is 59.2 Å². The van der Waals surface area contributed by atoms with Gasteiger partial charge in [0, 0.05) is 19.5 Å². The van der Waals surface area contributed by atoms with Gasteiger partial charge in [0.1, 0.15) is 0 Å². The molecule has 2 aromatic carbocycles. The summed E-state index contributed by atoms with van der Waals surface area (Å²) < 4.78 is 35.9. The molecule has 1 N–H and O–H groups in total. The predicted molar refractivity (Wildman–Crippen MR) is 123 cm³/mol. The van der Waals surface area contributed by atoms with Gasteiger partial charge in [-0.2, -0.15) is 4.31 Å². The van der Waals surface area contributed by atoms with Crippen LogP contribution >= 0.6 is 0 Å². The molecule has 2 aromatic rings. The van der Waals surface area contributed by atoms with E-state index in [1.165, 1.54) is 48.9 Å². The summed E-state index contributed by atoms with van der Waals surface area (Å²) in [5, 5.41) is 2.63. The van der Waals surface area contributed by atoms with Crippen molar-refractivity contribution in [2.24, 2.45) is 0 Å². The summed E-state index contributed by atoms with van der Waals surface area (Å²) >= 11 is 0. The van der Waals surface area contributed by atoms with E-state index in [4.69, 9.17) is 4.74 Å². The molecule has 1 amide bonds. The van der Waals surface area contributed by atoms with Gasteiger partial charge in [-0.05, 0) is 42.3 Å². The summed E-state index contributed by atoms with van der Waals surface area (Å²) in [6.07, 6.45) is 0.423. The highest BCUT2D eigenvalue weighted by molar-refractivity contribution is 7.89. The number of rotatable bonds is 10. The topological polar surface area (TPSA) is 119 Å². The van der Waals surface area contributed by atoms with E-state index < -0.39 is 22.0 Å². The first-order valence-electron chi connectivity index (χ1n) is 10.4. The number of anilines is 1. The minimum Gasteiger partial charge on any atom is -0.465 e. The van der Waals surface area contributed by atoms with Crippen LogP contribution in [0.4, 0.5) is 5.69 Å². The van der Waals surface area contributed by atoms with Crippen LogP contribution in [0.15, 0.2) is 47.4 Å². The molecule has 0 fully saturated rings. The number of methoxy groups -OCH3 is 2. The van der Waals surface area contributed by atoms with Crippen LogP contribution in [0.1, 0.15) is 46.5 Å². The Hall–Kier alpha value is -3.24. The highest BCUT2D eigenvalue weighted by Crippen LogP contribution is 2.21. The van der Waals surface area contributed by atoms with Crippen LogP contribution in [0.2, 0.25) is 0 Å². The molecule has 0 unspecified atom stereocenters. The van der Waals surface area contributed by atoms with Crippen LogP contribution in [0.25, 0.3) is 0 Å². The quantitative estimate of drug-likeness (QED) is 0.524. The molecule has 0 spiro atoms. The number of hydrogen-bond donors (Lipinski definition) is 1. The van der Waals surface area contributed by atoms with E-state index in [2.05, 4.69) is 10.1 Å². The minimum absolute atomic E-state index is 0.0746. The van der Waals surface area contributed by atoms with Crippen molar-refractivity contribution in [3.8, 4) is 0 Å². The van der Waals surface area contributed by atoms with E-state index >= 15 is 0 Å². The molecule has 0 aliphatic rings. The van der Waals surface area contributed by atoms with Crippen LogP contribution in [-0.4, -0.2) is 57.9 Å². The van der Waals surface area contributed by atoms with Crippen molar-refractivity contribution in [3.63, 3.8) is 0 Å². The molecule has 2 rings (SSSR count). The van der Waals surface area contributed by atoms with Crippen molar-refractivity contribution in [2.45, 2.75) is 31.6 Å². The second-order valence-electron chi connectivity index (χ2n) is 7.02. The smallest absolute Gasteiger partial charge is 0.339 e. The van der Waals surface area contributed by atoms with E-state index in [1.807, 2.05) is 0 Å². The lowest BCUT2D eigenvalue weighted by molar-refractivity contribution is -0.116. The number of esters is 2. The maximum absolute atomic E-state index is 12.6. The summed E-state index contributed by atoms with van der Waals surface area (Å²) in [6.45, 7) is 4.32. The molecule has 0 aromatic heterocycles. The highest BCUT2D eigenvalue weighted by Gasteiger charge is 2.21. The minimum atomic E-state index is -3.55. The molecule has 0 aliphatic carbocycles. The fourth-order valence-corrected chi connectivity index (χ4v) is 4.65. The zero-order valence-corrected chi connectivity index (χ0v) is 19.9. The molecule has 178 valence electrons. The third kappa shape index (κ3) is 6.39. The first-order chi connectivity index (χ1) is 15.7. The van der Waals surface area contributed by atoms with E-state index in [-0.39, 0.29) is 34.0 Å². The largest absolute Gasteiger partial charge is 0.465 e. The van der Waals surface area contributed by atoms with Gasteiger partial charge in [0.05, 0.1) is 35.9 Å².